The van der Waals surface area contributed by atoms with Gasteiger partial charge in [0.05, 0.1) is 0 Å². The van der Waals surface area contributed by atoms with Crippen LogP contribution in [0.15, 0.2) is 60.7 Å². The molecule has 0 saturated heterocycles. The molecule has 0 amide bonds. The predicted molar refractivity (Wildman–Crippen MR) is 111 cm³/mol. The lowest BCUT2D eigenvalue weighted by Crippen LogP contribution is -2.51. The van der Waals surface area contributed by atoms with Crippen molar-refractivity contribution in [3.63, 3.8) is 0 Å². The lowest BCUT2D eigenvalue weighted by molar-refractivity contribution is -0.163. The first-order valence-corrected chi connectivity index (χ1v) is 9.87. The molecule has 0 aliphatic carbocycles. The standard InChI is InChI=1S/C23H25N3O4/c1-4-19-24-16(3)25-22(26-19)30-20(21(27)28)23(29-5-2,17-12-8-6-9-13-17)18-14-10-7-11-15-18/h6-15,20H,4-5H2,1-3H3,(H,27,28). The van der Waals surface area contributed by atoms with Crippen LogP contribution < -0.4 is 4.74 Å². The molecular formula is C23H25N3O4. The van der Waals surface area contributed by atoms with Crippen molar-refractivity contribution in [2.24, 2.45) is 0 Å². The Morgan fingerprint density at radius 2 is 1.53 bits per heavy atom. The summed E-state index contributed by atoms with van der Waals surface area (Å²) in [5, 5.41) is 10.2. The van der Waals surface area contributed by atoms with Gasteiger partial charge in [-0.25, -0.2) is 9.78 Å². The molecule has 7 heteroatoms. The largest absolute Gasteiger partial charge is 0.478 e. The summed E-state index contributed by atoms with van der Waals surface area (Å²) in [6.07, 6.45) is -0.862. The van der Waals surface area contributed by atoms with Crippen LogP contribution in [0.3, 0.4) is 0 Å². The molecule has 3 rings (SSSR count). The van der Waals surface area contributed by atoms with E-state index in [-0.39, 0.29) is 12.6 Å². The fraction of sp³-hybridized carbons (Fsp3) is 0.304. The number of ether oxygens (including phenoxy) is 2. The third-order valence-electron chi connectivity index (χ3n) is 4.68. The number of aromatic nitrogens is 3. The minimum atomic E-state index is -1.44. The lowest BCUT2D eigenvalue weighted by atomic mass is 9.81. The van der Waals surface area contributed by atoms with E-state index in [1.807, 2.05) is 74.5 Å². The van der Waals surface area contributed by atoms with E-state index < -0.39 is 17.7 Å². The maximum absolute atomic E-state index is 12.5. The van der Waals surface area contributed by atoms with Crippen LogP contribution in [0.5, 0.6) is 6.01 Å². The van der Waals surface area contributed by atoms with Crippen LogP contribution in [-0.2, 0) is 21.6 Å². The molecule has 0 spiro atoms. The topological polar surface area (TPSA) is 94.4 Å². The molecular weight excluding hydrogens is 382 g/mol. The molecule has 0 aliphatic rings. The molecule has 3 aromatic rings. The summed E-state index contributed by atoms with van der Waals surface area (Å²) in [5.74, 6) is -0.197. The van der Waals surface area contributed by atoms with Crippen LogP contribution in [0.1, 0.15) is 36.6 Å². The van der Waals surface area contributed by atoms with Crippen LogP contribution in [-0.4, -0.2) is 38.7 Å². The number of carboxylic acid groups (broad SMARTS) is 1. The summed E-state index contributed by atoms with van der Waals surface area (Å²) >= 11 is 0. The summed E-state index contributed by atoms with van der Waals surface area (Å²) in [7, 11) is 0. The van der Waals surface area contributed by atoms with Crippen LogP contribution in [0.4, 0.5) is 0 Å². The SMILES string of the molecule is CCOC(c1ccccc1)(c1ccccc1)C(Oc1nc(C)nc(CC)n1)C(=O)O. The first kappa shape index (κ1) is 21.4. The van der Waals surface area contributed by atoms with Gasteiger partial charge in [0.15, 0.2) is 5.60 Å². The van der Waals surface area contributed by atoms with Crippen LogP contribution >= 0.6 is 0 Å². The van der Waals surface area contributed by atoms with E-state index in [9.17, 15) is 9.90 Å². The Balaban J connectivity index is 2.21. The van der Waals surface area contributed by atoms with E-state index in [2.05, 4.69) is 15.0 Å². The molecule has 1 atom stereocenters. The average molecular weight is 407 g/mol. The fourth-order valence-electron chi connectivity index (χ4n) is 3.45. The molecule has 0 bridgehead atoms. The zero-order valence-electron chi connectivity index (χ0n) is 17.3. The van der Waals surface area contributed by atoms with E-state index in [4.69, 9.17) is 9.47 Å². The number of carbonyl (C=O) groups is 1. The Morgan fingerprint density at radius 1 is 0.967 bits per heavy atom. The van der Waals surface area contributed by atoms with Gasteiger partial charge in [0, 0.05) is 13.0 Å². The van der Waals surface area contributed by atoms with Crippen molar-refractivity contribution in [2.75, 3.05) is 6.61 Å². The third kappa shape index (κ3) is 4.31. The van der Waals surface area contributed by atoms with E-state index in [0.717, 1.165) is 0 Å². The lowest BCUT2D eigenvalue weighted by Gasteiger charge is -2.38. The molecule has 30 heavy (non-hydrogen) atoms. The van der Waals surface area contributed by atoms with E-state index in [0.29, 0.717) is 29.2 Å². The highest BCUT2D eigenvalue weighted by Gasteiger charge is 2.50. The zero-order chi connectivity index (χ0) is 21.6. The van der Waals surface area contributed by atoms with Gasteiger partial charge in [-0.15, -0.1) is 0 Å². The minimum Gasteiger partial charge on any atom is -0.478 e. The van der Waals surface area contributed by atoms with Crippen molar-refractivity contribution in [1.29, 1.82) is 0 Å². The van der Waals surface area contributed by atoms with Gasteiger partial charge in [-0.05, 0) is 25.0 Å². The molecule has 7 nitrogen and oxygen atoms in total. The van der Waals surface area contributed by atoms with E-state index in [1.165, 1.54) is 0 Å². The Labute approximate surface area is 175 Å². The zero-order valence-corrected chi connectivity index (χ0v) is 17.3. The van der Waals surface area contributed by atoms with Gasteiger partial charge in [-0.1, -0.05) is 67.6 Å². The monoisotopic (exact) mass is 407 g/mol. The highest BCUT2D eigenvalue weighted by Crippen LogP contribution is 2.39. The first-order chi connectivity index (χ1) is 14.5. The Bertz CT molecular complexity index is 941. The van der Waals surface area contributed by atoms with Crippen molar-refractivity contribution >= 4 is 5.97 Å². The summed E-state index contributed by atoms with van der Waals surface area (Å²) in [5.41, 5.74) is -0.0883. The van der Waals surface area contributed by atoms with Crippen molar-refractivity contribution < 1.29 is 19.4 Å². The second-order valence-corrected chi connectivity index (χ2v) is 6.67. The molecule has 1 heterocycles. The van der Waals surface area contributed by atoms with Gasteiger partial charge in [0.1, 0.15) is 11.6 Å². The first-order valence-electron chi connectivity index (χ1n) is 9.87. The third-order valence-corrected chi connectivity index (χ3v) is 4.68. The summed E-state index contributed by atoms with van der Waals surface area (Å²) in [6, 6.07) is 18.4. The maximum Gasteiger partial charge on any atom is 0.348 e. The number of hydrogen-bond donors (Lipinski definition) is 1. The van der Waals surface area contributed by atoms with E-state index in [1.54, 1.807) is 6.92 Å². The normalized spacial score (nSPS) is 12.4. The predicted octanol–water partition coefficient (Wildman–Crippen LogP) is 3.55. The number of hydrogen-bond acceptors (Lipinski definition) is 6. The minimum absolute atomic E-state index is 0.0392. The molecule has 2 aromatic carbocycles. The van der Waals surface area contributed by atoms with Crippen molar-refractivity contribution in [3.05, 3.63) is 83.4 Å². The molecule has 0 fully saturated rings. The number of aliphatic carboxylic acids is 1. The van der Waals surface area contributed by atoms with Crippen LogP contribution in [0.25, 0.3) is 0 Å². The Kier molecular flexibility index (Phi) is 6.74. The van der Waals surface area contributed by atoms with Gasteiger partial charge >= 0.3 is 12.0 Å². The van der Waals surface area contributed by atoms with Crippen molar-refractivity contribution in [1.82, 2.24) is 15.0 Å². The second kappa shape index (κ2) is 9.45. The maximum atomic E-state index is 12.5. The van der Waals surface area contributed by atoms with Crippen LogP contribution in [0.2, 0.25) is 0 Å². The van der Waals surface area contributed by atoms with Gasteiger partial charge in [0.2, 0.25) is 6.10 Å². The number of benzene rings is 2. The summed E-state index contributed by atoms with van der Waals surface area (Å²) in [4.78, 5) is 25.2. The van der Waals surface area contributed by atoms with E-state index >= 15 is 0 Å². The van der Waals surface area contributed by atoms with Gasteiger partial charge in [-0.3, -0.25) is 0 Å². The molecule has 1 N–H and O–H groups in total. The number of nitrogens with zero attached hydrogens (tertiary/aromatic N) is 3. The molecule has 0 radical (unpaired) electrons. The Morgan fingerprint density at radius 3 is 2.00 bits per heavy atom. The Hall–Kier alpha value is -3.32. The van der Waals surface area contributed by atoms with Gasteiger partial charge in [0.25, 0.3) is 0 Å². The molecule has 0 aliphatic heterocycles. The van der Waals surface area contributed by atoms with Gasteiger partial charge in [-0.2, -0.15) is 9.97 Å². The van der Waals surface area contributed by atoms with Crippen molar-refractivity contribution in [2.45, 2.75) is 38.9 Å². The number of rotatable bonds is 9. The summed E-state index contributed by atoms with van der Waals surface area (Å²) < 4.78 is 12.1. The highest BCUT2D eigenvalue weighted by atomic mass is 16.6. The number of aryl methyl sites for hydroxylation is 2. The highest BCUT2D eigenvalue weighted by molar-refractivity contribution is 5.76. The second-order valence-electron chi connectivity index (χ2n) is 6.67. The van der Waals surface area contributed by atoms with Crippen molar-refractivity contribution in [3.8, 4) is 6.01 Å². The van der Waals surface area contributed by atoms with Crippen LogP contribution in [0, 0.1) is 6.92 Å². The van der Waals surface area contributed by atoms with Gasteiger partial charge < -0.3 is 14.6 Å². The molecule has 0 saturated carbocycles. The molecule has 156 valence electrons. The summed E-state index contributed by atoms with van der Waals surface area (Å²) in [6.45, 7) is 5.72. The molecule has 1 unspecified atom stereocenters. The molecule has 1 aromatic heterocycles. The number of carboxylic acids is 1. The fourth-order valence-corrected chi connectivity index (χ4v) is 3.45. The average Bonchev–Trinajstić information content (AvgIpc) is 2.76. The quantitative estimate of drug-likeness (QED) is 0.579. The smallest absolute Gasteiger partial charge is 0.348 e.